The van der Waals surface area contributed by atoms with Crippen LogP contribution in [-0.2, 0) is 18.3 Å². The summed E-state index contributed by atoms with van der Waals surface area (Å²) >= 11 is 0. The zero-order valence-corrected chi connectivity index (χ0v) is 5.42. The summed E-state index contributed by atoms with van der Waals surface area (Å²) in [7, 11) is -1.41. The molecule has 50 valence electrons. The molecule has 1 N–H and O–H groups in total. The van der Waals surface area contributed by atoms with Gasteiger partial charge in [0.05, 0.1) is 0 Å². The molecule has 0 aromatic carbocycles. The van der Waals surface area contributed by atoms with Crippen molar-refractivity contribution in [2.24, 2.45) is 0 Å². The Bertz CT molecular complexity index is 81.6. The quantitative estimate of drug-likeness (QED) is 0.360. The van der Waals surface area contributed by atoms with Gasteiger partial charge in [0.15, 0.2) is 0 Å². The Labute approximate surface area is 46.7 Å². The molecule has 0 fully saturated rings. The van der Waals surface area contributed by atoms with Gasteiger partial charge < -0.3 is 0 Å². The molecule has 0 aliphatic rings. The van der Waals surface area contributed by atoms with E-state index in [2.05, 4.69) is 13.7 Å². The summed E-state index contributed by atoms with van der Waals surface area (Å²) in [6.45, 7) is 0. The first-order valence-corrected chi connectivity index (χ1v) is 3.19. The van der Waals surface area contributed by atoms with E-state index in [1.165, 1.54) is 0 Å². The first-order chi connectivity index (χ1) is 3.68. The number of hydrogen-bond acceptors (Lipinski definition) is 5. The Morgan fingerprint density at radius 2 is 1.75 bits per heavy atom. The number of hydrogen-bond donors (Lipinski definition) is 1. The molecule has 0 aliphatic carbocycles. The van der Waals surface area contributed by atoms with Crippen molar-refractivity contribution in [1.29, 1.82) is 0 Å². The van der Waals surface area contributed by atoms with Crippen LogP contribution in [0, 0.1) is 0 Å². The van der Waals surface area contributed by atoms with E-state index in [4.69, 9.17) is 5.26 Å². The second kappa shape index (κ2) is 3.17. The van der Waals surface area contributed by atoms with Crippen LogP contribution in [0.3, 0.4) is 0 Å². The van der Waals surface area contributed by atoms with Crippen LogP contribution in [0.4, 0.5) is 0 Å². The standard InChI is InChI=1S/C2H7O5P/c1-5-8(4,6-2)7-3/h3H,1-2H3. The first-order valence-electron chi connectivity index (χ1n) is 1.73. The molecule has 0 amide bonds. The van der Waals surface area contributed by atoms with Crippen LogP contribution in [0.1, 0.15) is 0 Å². The van der Waals surface area contributed by atoms with Crippen molar-refractivity contribution in [2.45, 2.75) is 0 Å². The lowest BCUT2D eigenvalue weighted by molar-refractivity contribution is -0.162. The van der Waals surface area contributed by atoms with Crippen LogP contribution in [0.2, 0.25) is 0 Å². The van der Waals surface area contributed by atoms with Crippen LogP contribution in [-0.4, -0.2) is 19.5 Å². The van der Waals surface area contributed by atoms with Crippen LogP contribution >= 0.6 is 7.82 Å². The maximum absolute atomic E-state index is 10.4. The Morgan fingerprint density at radius 1 is 1.38 bits per heavy atom. The molecule has 0 aliphatic heterocycles. The predicted octanol–water partition coefficient (Wildman–Crippen LogP) is 0.877. The second-order valence-corrected chi connectivity index (χ2v) is 2.68. The van der Waals surface area contributed by atoms with Crippen molar-refractivity contribution in [2.75, 3.05) is 14.2 Å². The molecule has 0 unspecified atom stereocenters. The molecular formula is C2H7O5P. The smallest absolute Gasteiger partial charge is 0.289 e. The van der Waals surface area contributed by atoms with Crippen molar-refractivity contribution in [3.63, 3.8) is 0 Å². The van der Waals surface area contributed by atoms with Crippen LogP contribution in [0.25, 0.3) is 0 Å². The highest BCUT2D eigenvalue weighted by molar-refractivity contribution is 7.48. The Kier molecular flexibility index (Phi) is 3.19. The van der Waals surface area contributed by atoms with E-state index in [9.17, 15) is 4.57 Å². The lowest BCUT2D eigenvalue weighted by atomic mass is 11.8. The predicted molar refractivity (Wildman–Crippen MR) is 25.3 cm³/mol. The van der Waals surface area contributed by atoms with E-state index in [0.29, 0.717) is 0 Å². The highest BCUT2D eigenvalue weighted by Gasteiger charge is 2.21. The van der Waals surface area contributed by atoms with Gasteiger partial charge in [0.25, 0.3) is 0 Å². The highest BCUT2D eigenvalue weighted by atomic mass is 31.2. The van der Waals surface area contributed by atoms with Gasteiger partial charge in [-0.25, -0.2) is 9.82 Å². The van der Waals surface area contributed by atoms with E-state index in [-0.39, 0.29) is 0 Å². The molecule has 0 aromatic heterocycles. The maximum atomic E-state index is 10.4. The average molecular weight is 142 g/mol. The van der Waals surface area contributed by atoms with Gasteiger partial charge in [0, 0.05) is 14.2 Å². The van der Waals surface area contributed by atoms with Gasteiger partial charge in [-0.15, -0.1) is 4.67 Å². The molecule has 0 atom stereocenters. The minimum atomic E-state index is -3.61. The largest absolute Gasteiger partial charge is 0.501 e. The van der Waals surface area contributed by atoms with Crippen molar-refractivity contribution in [1.82, 2.24) is 0 Å². The second-order valence-electron chi connectivity index (χ2n) is 0.894. The van der Waals surface area contributed by atoms with E-state index >= 15 is 0 Å². The van der Waals surface area contributed by atoms with Gasteiger partial charge in [-0.05, 0) is 0 Å². The van der Waals surface area contributed by atoms with Gasteiger partial charge in [0.1, 0.15) is 0 Å². The zero-order valence-electron chi connectivity index (χ0n) is 4.53. The third-order valence-electron chi connectivity index (χ3n) is 0.547. The Hall–Kier alpha value is 0.0700. The lowest BCUT2D eigenvalue weighted by Crippen LogP contribution is -1.89. The molecule has 0 rings (SSSR count). The molecule has 0 radical (unpaired) electrons. The first kappa shape index (κ1) is 8.07. The lowest BCUT2D eigenvalue weighted by Gasteiger charge is -2.05. The van der Waals surface area contributed by atoms with Crippen LogP contribution in [0.5, 0.6) is 0 Å². The molecule has 0 saturated heterocycles. The minimum Gasteiger partial charge on any atom is -0.289 e. The third kappa shape index (κ3) is 1.90. The monoisotopic (exact) mass is 142 g/mol. The maximum Gasteiger partial charge on any atom is 0.501 e. The fraction of sp³-hybridized carbons (Fsp3) is 1.00. The summed E-state index contributed by atoms with van der Waals surface area (Å²) in [6, 6.07) is 0. The van der Waals surface area contributed by atoms with Crippen LogP contribution in [0.15, 0.2) is 0 Å². The summed E-state index contributed by atoms with van der Waals surface area (Å²) in [4.78, 5) is 0. The molecule has 0 spiro atoms. The summed E-state index contributed by atoms with van der Waals surface area (Å²) in [5, 5.41) is 7.77. The molecule has 5 nitrogen and oxygen atoms in total. The third-order valence-corrected chi connectivity index (χ3v) is 1.64. The highest BCUT2D eigenvalue weighted by Crippen LogP contribution is 2.45. The Balaban J connectivity index is 3.79. The fourth-order valence-corrected chi connectivity index (χ4v) is 0.424. The molecule has 0 aromatic rings. The van der Waals surface area contributed by atoms with Gasteiger partial charge >= 0.3 is 7.82 Å². The molecule has 6 heteroatoms. The van der Waals surface area contributed by atoms with E-state index in [0.717, 1.165) is 14.2 Å². The summed E-state index contributed by atoms with van der Waals surface area (Å²) in [5.41, 5.74) is 0. The van der Waals surface area contributed by atoms with E-state index < -0.39 is 7.82 Å². The van der Waals surface area contributed by atoms with E-state index in [1.54, 1.807) is 0 Å². The molecule has 0 bridgehead atoms. The average Bonchev–Trinajstić information content (AvgIpc) is 1.87. The van der Waals surface area contributed by atoms with Gasteiger partial charge in [-0.2, -0.15) is 0 Å². The molecular weight excluding hydrogens is 135 g/mol. The van der Waals surface area contributed by atoms with Crippen molar-refractivity contribution >= 4 is 7.82 Å². The number of phosphoric acid groups is 1. The molecule has 0 saturated carbocycles. The topological polar surface area (TPSA) is 65.0 Å². The van der Waals surface area contributed by atoms with Crippen molar-refractivity contribution < 1.29 is 23.5 Å². The van der Waals surface area contributed by atoms with Crippen molar-refractivity contribution in [3.8, 4) is 0 Å². The fourth-order valence-electron chi connectivity index (χ4n) is 0.141. The van der Waals surface area contributed by atoms with E-state index in [1.807, 2.05) is 0 Å². The summed E-state index contributed by atoms with van der Waals surface area (Å²) in [6.07, 6.45) is 0. The van der Waals surface area contributed by atoms with Gasteiger partial charge in [0.2, 0.25) is 0 Å². The number of rotatable bonds is 3. The molecule has 8 heavy (non-hydrogen) atoms. The number of phosphoric ester groups is 1. The SMILES string of the molecule is COP(=O)(OC)OO. The van der Waals surface area contributed by atoms with Gasteiger partial charge in [-0.3, -0.25) is 9.05 Å². The zero-order chi connectivity index (χ0) is 6.62. The normalized spacial score (nSPS) is 11.9. The van der Waals surface area contributed by atoms with Crippen molar-refractivity contribution in [3.05, 3.63) is 0 Å². The molecule has 0 heterocycles. The Morgan fingerprint density at radius 3 is 1.75 bits per heavy atom. The minimum absolute atomic E-state index is 1.10. The summed E-state index contributed by atoms with van der Waals surface area (Å²) < 4.78 is 21.9. The summed E-state index contributed by atoms with van der Waals surface area (Å²) in [5.74, 6) is 0. The van der Waals surface area contributed by atoms with Gasteiger partial charge in [-0.1, -0.05) is 0 Å². The van der Waals surface area contributed by atoms with Crippen LogP contribution < -0.4 is 0 Å².